The second-order valence-electron chi connectivity index (χ2n) is 14.1. The van der Waals surface area contributed by atoms with E-state index in [2.05, 4.69) is 22.7 Å². The van der Waals surface area contributed by atoms with Crippen LogP contribution in [0.2, 0.25) is 0 Å². The molecule has 0 saturated carbocycles. The Labute approximate surface area is 337 Å². The number of hydrogen-bond donors (Lipinski definition) is 3. The fraction of sp³-hybridized carbons (Fsp3) is 0.489. The van der Waals surface area contributed by atoms with Gasteiger partial charge in [0, 0.05) is 34.3 Å². The van der Waals surface area contributed by atoms with Crippen LogP contribution in [-0.2, 0) is 0 Å². The summed E-state index contributed by atoms with van der Waals surface area (Å²) in [5.74, 6) is 0.893. The lowest BCUT2D eigenvalue weighted by atomic mass is 10.0. The van der Waals surface area contributed by atoms with Gasteiger partial charge in [0.25, 0.3) is 17.4 Å². The van der Waals surface area contributed by atoms with E-state index in [1.54, 1.807) is 54.6 Å². The van der Waals surface area contributed by atoms with Crippen LogP contribution in [0, 0.1) is 0 Å². The Morgan fingerprint density at radius 2 is 1.25 bits per heavy atom. The summed E-state index contributed by atoms with van der Waals surface area (Å²) in [6, 6.07) is 19.1. The highest BCUT2D eigenvalue weighted by Crippen LogP contribution is 2.33. The second kappa shape index (κ2) is 24.8. The molecule has 0 fully saturated rings. The summed E-state index contributed by atoms with van der Waals surface area (Å²) in [4.78, 5) is 40.8. The van der Waals surface area contributed by atoms with Crippen LogP contribution in [0.1, 0.15) is 137 Å². The minimum Gasteiger partial charge on any atom is -0.497 e. The van der Waals surface area contributed by atoms with Crippen molar-refractivity contribution in [1.82, 2.24) is 15.1 Å². The normalized spacial score (nSPS) is 11.0. The van der Waals surface area contributed by atoms with Gasteiger partial charge in [-0.25, -0.2) is 4.68 Å². The molecule has 0 bridgehead atoms. The highest BCUT2D eigenvalue weighted by atomic mass is 32.2. The molecule has 1 heterocycles. The molecule has 0 spiro atoms. The molecular weight excluding hydrogens is 725 g/mol. The number of amides is 2. The van der Waals surface area contributed by atoms with Crippen molar-refractivity contribution in [2.45, 2.75) is 126 Å². The molecule has 4 rings (SSSR count). The van der Waals surface area contributed by atoms with Crippen LogP contribution < -0.4 is 30.4 Å². The molecule has 3 N–H and O–H groups in total. The summed E-state index contributed by atoms with van der Waals surface area (Å²) in [7, 11) is 3.05. The molecule has 0 unspecified atom stereocenters. The van der Waals surface area contributed by atoms with Gasteiger partial charge in [-0.1, -0.05) is 121 Å². The molecule has 4 aromatic rings. The van der Waals surface area contributed by atoms with E-state index in [9.17, 15) is 14.4 Å². The first-order valence-electron chi connectivity index (χ1n) is 20.6. The largest absolute Gasteiger partial charge is 0.497 e. The van der Waals surface area contributed by atoms with E-state index in [1.807, 2.05) is 19.1 Å². The van der Waals surface area contributed by atoms with Crippen molar-refractivity contribution in [3.05, 3.63) is 88.2 Å². The number of methoxy groups -OCH3 is 2. The molecule has 56 heavy (non-hydrogen) atoms. The quantitative estimate of drug-likeness (QED) is 0.0514. The Balaban J connectivity index is 1.22. The van der Waals surface area contributed by atoms with Crippen molar-refractivity contribution in [2.24, 2.45) is 0 Å². The predicted molar refractivity (Wildman–Crippen MR) is 228 cm³/mol. The number of nitrogens with one attached hydrogen (secondary N) is 3. The van der Waals surface area contributed by atoms with E-state index in [0.29, 0.717) is 57.9 Å². The molecule has 1 aromatic heterocycles. The van der Waals surface area contributed by atoms with Gasteiger partial charge < -0.3 is 24.8 Å². The molecular formula is C45H62N4O6S. The first kappa shape index (κ1) is 44.1. The fourth-order valence-corrected chi connectivity index (χ4v) is 7.49. The van der Waals surface area contributed by atoms with E-state index < -0.39 is 0 Å². The minimum absolute atomic E-state index is 0.123. The van der Waals surface area contributed by atoms with Crippen molar-refractivity contribution in [3.8, 4) is 23.1 Å². The molecule has 11 heteroatoms. The zero-order valence-corrected chi connectivity index (χ0v) is 34.7. The highest BCUT2D eigenvalue weighted by molar-refractivity contribution is 7.99. The number of rotatable bonds is 27. The number of hydrogen-bond acceptors (Lipinski definition) is 7. The van der Waals surface area contributed by atoms with Crippen LogP contribution in [0.3, 0.4) is 0 Å². The molecule has 2 amide bonds. The maximum absolute atomic E-state index is 13.7. The summed E-state index contributed by atoms with van der Waals surface area (Å²) in [5, 5.41) is 9.01. The predicted octanol–water partition coefficient (Wildman–Crippen LogP) is 11.0. The molecule has 0 aliphatic rings. The third-order valence-corrected chi connectivity index (χ3v) is 10.8. The van der Waals surface area contributed by atoms with Crippen LogP contribution in [0.15, 0.2) is 81.3 Å². The zero-order valence-electron chi connectivity index (χ0n) is 33.9. The SMILES string of the molecule is CCCCCCCCCCCCCCCCCCNC(=O)c1cccc(Sc2c(OCC)[nH]n(-c3ccc(NC(=O)c4cc(OC)cc(OC)c4)cc3)c2=O)c1. The smallest absolute Gasteiger partial charge is 0.289 e. The maximum atomic E-state index is 13.7. The van der Waals surface area contributed by atoms with E-state index in [-0.39, 0.29) is 17.4 Å². The number of benzene rings is 3. The van der Waals surface area contributed by atoms with E-state index in [4.69, 9.17) is 14.2 Å². The van der Waals surface area contributed by atoms with Gasteiger partial charge in [0.1, 0.15) is 16.4 Å². The van der Waals surface area contributed by atoms with Gasteiger partial charge in [-0.2, -0.15) is 0 Å². The number of ether oxygens (including phenoxy) is 3. The summed E-state index contributed by atoms with van der Waals surface area (Å²) in [6.07, 6.45) is 21.1. The van der Waals surface area contributed by atoms with Crippen molar-refractivity contribution in [3.63, 3.8) is 0 Å². The van der Waals surface area contributed by atoms with Crippen LogP contribution in [-0.4, -0.2) is 49.0 Å². The first-order valence-corrected chi connectivity index (χ1v) is 21.4. The van der Waals surface area contributed by atoms with Gasteiger partial charge in [0.05, 0.1) is 26.5 Å². The number of aromatic amines is 1. The van der Waals surface area contributed by atoms with Gasteiger partial charge in [-0.05, 0) is 67.9 Å². The van der Waals surface area contributed by atoms with Crippen LogP contribution in [0.4, 0.5) is 5.69 Å². The molecule has 0 aliphatic heterocycles. The van der Waals surface area contributed by atoms with Gasteiger partial charge >= 0.3 is 0 Å². The van der Waals surface area contributed by atoms with E-state index in [1.165, 1.54) is 121 Å². The number of carbonyl (C=O) groups is 2. The molecule has 0 aliphatic carbocycles. The van der Waals surface area contributed by atoms with Crippen molar-refractivity contribution in [2.75, 3.05) is 32.7 Å². The van der Waals surface area contributed by atoms with Crippen LogP contribution in [0.5, 0.6) is 17.4 Å². The third-order valence-electron chi connectivity index (χ3n) is 9.73. The standard InChI is InChI=1S/C45H62N4O6S/c1-5-7-8-9-10-11-12-13-14-15-16-17-18-19-20-21-29-46-42(50)34-23-22-24-40(32-34)56-41-44(55-6-2)48-49(45(41)52)37-27-25-36(26-28-37)47-43(51)35-30-38(53-3)33-39(31-35)54-4/h22-28,30-33,48H,5-21,29H2,1-4H3,(H,46,50)(H,47,51). The molecule has 304 valence electrons. The summed E-state index contributed by atoms with van der Waals surface area (Å²) in [5.41, 5.74) is 1.74. The van der Waals surface area contributed by atoms with Crippen molar-refractivity contribution < 1.29 is 23.8 Å². The van der Waals surface area contributed by atoms with Crippen molar-refractivity contribution in [1.29, 1.82) is 0 Å². The summed E-state index contributed by atoms with van der Waals surface area (Å²) < 4.78 is 17.8. The number of carbonyl (C=O) groups excluding carboxylic acids is 2. The number of unbranched alkanes of at least 4 members (excludes halogenated alkanes) is 15. The maximum Gasteiger partial charge on any atom is 0.289 e. The number of nitrogens with zero attached hydrogens (tertiary/aromatic N) is 1. The fourth-order valence-electron chi connectivity index (χ4n) is 6.55. The van der Waals surface area contributed by atoms with Gasteiger partial charge in [-0.15, -0.1) is 0 Å². The Hall–Kier alpha value is -4.64. The monoisotopic (exact) mass is 786 g/mol. The van der Waals surface area contributed by atoms with Gasteiger partial charge in [0.15, 0.2) is 0 Å². The zero-order chi connectivity index (χ0) is 40.0. The molecule has 0 saturated heterocycles. The Bertz CT molecular complexity index is 1810. The Morgan fingerprint density at radius 3 is 1.80 bits per heavy atom. The van der Waals surface area contributed by atoms with Crippen LogP contribution >= 0.6 is 11.8 Å². The highest BCUT2D eigenvalue weighted by Gasteiger charge is 2.19. The average molecular weight is 787 g/mol. The molecule has 10 nitrogen and oxygen atoms in total. The molecule has 3 aromatic carbocycles. The first-order chi connectivity index (χ1) is 27.4. The third kappa shape index (κ3) is 14.5. The van der Waals surface area contributed by atoms with Crippen molar-refractivity contribution >= 4 is 29.3 Å². The van der Waals surface area contributed by atoms with Gasteiger partial charge in [0.2, 0.25) is 5.88 Å². The lowest BCUT2D eigenvalue weighted by Crippen LogP contribution is -2.24. The number of anilines is 1. The summed E-state index contributed by atoms with van der Waals surface area (Å²) >= 11 is 1.25. The molecule has 0 atom stereocenters. The summed E-state index contributed by atoms with van der Waals surface area (Å²) in [6.45, 7) is 5.12. The topological polar surface area (TPSA) is 124 Å². The number of aromatic nitrogens is 2. The van der Waals surface area contributed by atoms with Gasteiger partial charge in [-0.3, -0.25) is 19.5 Å². The minimum atomic E-state index is -0.333. The van der Waals surface area contributed by atoms with E-state index >= 15 is 0 Å². The lowest BCUT2D eigenvalue weighted by molar-refractivity contribution is 0.0951. The Morgan fingerprint density at radius 1 is 0.679 bits per heavy atom. The number of H-pyrrole nitrogens is 1. The lowest BCUT2D eigenvalue weighted by Gasteiger charge is -2.10. The Kier molecular flexibility index (Phi) is 19.5. The average Bonchev–Trinajstić information content (AvgIpc) is 3.52. The van der Waals surface area contributed by atoms with E-state index in [0.717, 1.165) is 17.7 Å². The second-order valence-corrected chi connectivity index (χ2v) is 15.2. The molecule has 0 radical (unpaired) electrons. The van der Waals surface area contributed by atoms with Crippen LogP contribution in [0.25, 0.3) is 5.69 Å².